The fraction of sp³-hybridized carbons (Fsp3) is 0.130. The van der Waals surface area contributed by atoms with E-state index in [9.17, 15) is 14.3 Å². The summed E-state index contributed by atoms with van der Waals surface area (Å²) in [6.07, 6.45) is 8.35. The molecule has 0 fully saturated rings. The van der Waals surface area contributed by atoms with Gasteiger partial charge in [-0.25, -0.2) is 9.37 Å². The van der Waals surface area contributed by atoms with Gasteiger partial charge in [0.1, 0.15) is 11.6 Å². The topological polar surface area (TPSA) is 105 Å². The number of aliphatic hydroxyl groups is 1. The number of nitrogens with zero attached hydrogens (tertiary/aromatic N) is 4. The fourth-order valence-corrected chi connectivity index (χ4v) is 3.38. The number of aryl methyl sites for hydroxylation is 1. The van der Waals surface area contributed by atoms with Crippen LogP contribution in [0.4, 0.5) is 16.0 Å². The van der Waals surface area contributed by atoms with E-state index in [4.69, 9.17) is 11.6 Å². The van der Waals surface area contributed by atoms with E-state index in [1.807, 2.05) is 6.92 Å². The van der Waals surface area contributed by atoms with Gasteiger partial charge in [0.25, 0.3) is 5.91 Å². The third-order valence-electron chi connectivity index (χ3n) is 4.92. The van der Waals surface area contributed by atoms with E-state index in [0.29, 0.717) is 22.9 Å². The summed E-state index contributed by atoms with van der Waals surface area (Å²) in [5.41, 5.74) is 2.47. The van der Waals surface area contributed by atoms with Crippen LogP contribution in [0, 0.1) is 12.7 Å². The first-order valence-corrected chi connectivity index (χ1v) is 10.4. The van der Waals surface area contributed by atoms with Crippen molar-refractivity contribution in [3.8, 4) is 5.82 Å². The number of rotatable bonds is 7. The van der Waals surface area contributed by atoms with E-state index in [2.05, 4.69) is 25.6 Å². The first kappa shape index (κ1) is 22.4. The van der Waals surface area contributed by atoms with Crippen LogP contribution in [0.15, 0.2) is 67.4 Å². The second-order valence-electron chi connectivity index (χ2n) is 7.25. The van der Waals surface area contributed by atoms with Crippen LogP contribution in [0.5, 0.6) is 0 Å². The average Bonchev–Trinajstić information content (AvgIpc) is 3.31. The number of halogens is 2. The highest BCUT2D eigenvalue weighted by Crippen LogP contribution is 2.22. The molecule has 0 saturated heterocycles. The minimum atomic E-state index is -0.740. The summed E-state index contributed by atoms with van der Waals surface area (Å²) in [5, 5.41) is 15.5. The molecule has 10 heteroatoms. The van der Waals surface area contributed by atoms with E-state index in [0.717, 1.165) is 11.3 Å². The Hall–Kier alpha value is -3.82. The van der Waals surface area contributed by atoms with Gasteiger partial charge in [0.15, 0.2) is 0 Å². The van der Waals surface area contributed by atoms with Crippen LogP contribution in [-0.2, 0) is 0 Å². The van der Waals surface area contributed by atoms with Gasteiger partial charge < -0.3 is 20.3 Å². The van der Waals surface area contributed by atoms with Gasteiger partial charge in [0.2, 0.25) is 5.95 Å². The Morgan fingerprint density at radius 2 is 2.03 bits per heavy atom. The molecule has 8 nitrogen and oxygen atoms in total. The number of carbonyl (C=O) groups excluding carboxylic acids is 1. The molecule has 3 N–H and O–H groups in total. The third kappa shape index (κ3) is 5.16. The normalized spacial score (nSPS) is 11.8. The number of benzene rings is 1. The van der Waals surface area contributed by atoms with Gasteiger partial charge >= 0.3 is 0 Å². The van der Waals surface area contributed by atoms with E-state index >= 15 is 0 Å². The van der Waals surface area contributed by atoms with E-state index in [-0.39, 0.29) is 11.6 Å². The summed E-state index contributed by atoms with van der Waals surface area (Å²) in [7, 11) is 0. The minimum absolute atomic E-state index is 0.0817. The molecule has 4 rings (SSSR count). The fourth-order valence-electron chi connectivity index (χ4n) is 3.19. The molecule has 1 atom stereocenters. The zero-order valence-electron chi connectivity index (χ0n) is 17.5. The number of hydrogen-bond acceptors (Lipinski definition) is 6. The van der Waals surface area contributed by atoms with Crippen molar-refractivity contribution in [2.45, 2.75) is 13.0 Å². The lowest BCUT2D eigenvalue weighted by molar-refractivity contribution is 0.0916. The molecule has 0 aliphatic heterocycles. The molecule has 168 valence electrons. The number of pyridine rings is 1. The SMILES string of the molecule is Cc1cnc(Nc2ccncc2)nc1-n1ccc(C(=O)NC(CO)c2ccc(F)c(Cl)c2)c1. The molecule has 0 bridgehead atoms. The number of amides is 1. The maximum atomic E-state index is 13.4. The molecule has 0 aliphatic rings. The largest absolute Gasteiger partial charge is 0.394 e. The predicted octanol–water partition coefficient (Wildman–Crippen LogP) is 3.97. The molecule has 3 heterocycles. The van der Waals surface area contributed by atoms with Crippen molar-refractivity contribution in [2.24, 2.45) is 0 Å². The Bertz CT molecular complexity index is 1280. The van der Waals surface area contributed by atoms with Gasteiger partial charge in [-0.2, -0.15) is 4.98 Å². The highest BCUT2D eigenvalue weighted by atomic mass is 35.5. The minimum Gasteiger partial charge on any atom is -0.394 e. The quantitative estimate of drug-likeness (QED) is 0.380. The van der Waals surface area contributed by atoms with Crippen LogP contribution >= 0.6 is 11.6 Å². The average molecular weight is 467 g/mol. The Morgan fingerprint density at radius 3 is 2.76 bits per heavy atom. The summed E-state index contributed by atoms with van der Waals surface area (Å²) in [4.78, 5) is 25.6. The van der Waals surface area contributed by atoms with Gasteiger partial charge in [0.05, 0.1) is 23.2 Å². The summed E-state index contributed by atoms with van der Waals surface area (Å²) in [6, 6.07) is 8.53. The maximum absolute atomic E-state index is 13.4. The Morgan fingerprint density at radius 1 is 1.24 bits per heavy atom. The summed E-state index contributed by atoms with van der Waals surface area (Å²) in [5.74, 6) is 0.0216. The van der Waals surface area contributed by atoms with Gasteiger partial charge in [-0.3, -0.25) is 9.78 Å². The molecule has 0 radical (unpaired) electrons. The van der Waals surface area contributed by atoms with Crippen LogP contribution in [0.3, 0.4) is 0 Å². The second-order valence-corrected chi connectivity index (χ2v) is 7.66. The lowest BCUT2D eigenvalue weighted by atomic mass is 10.1. The van der Waals surface area contributed by atoms with Crippen molar-refractivity contribution in [1.82, 2.24) is 24.8 Å². The van der Waals surface area contributed by atoms with Crippen molar-refractivity contribution < 1.29 is 14.3 Å². The highest BCUT2D eigenvalue weighted by Gasteiger charge is 2.18. The lowest BCUT2D eigenvalue weighted by Gasteiger charge is -2.17. The van der Waals surface area contributed by atoms with Gasteiger partial charge in [-0.1, -0.05) is 17.7 Å². The van der Waals surface area contributed by atoms with Gasteiger partial charge in [-0.15, -0.1) is 0 Å². The van der Waals surface area contributed by atoms with Crippen LogP contribution in [-0.4, -0.2) is 37.1 Å². The van der Waals surface area contributed by atoms with Gasteiger partial charge in [-0.05, 0) is 42.8 Å². The number of aromatic nitrogens is 4. The van der Waals surface area contributed by atoms with E-state index in [1.54, 1.807) is 53.8 Å². The van der Waals surface area contributed by atoms with Crippen LogP contribution in [0.1, 0.15) is 27.5 Å². The van der Waals surface area contributed by atoms with Crippen LogP contribution < -0.4 is 10.6 Å². The molecule has 4 aromatic rings. The molecule has 0 saturated carbocycles. The van der Waals surface area contributed by atoms with Crippen molar-refractivity contribution in [3.63, 3.8) is 0 Å². The van der Waals surface area contributed by atoms with Gasteiger partial charge in [0, 0.05) is 42.2 Å². The Kier molecular flexibility index (Phi) is 6.62. The summed E-state index contributed by atoms with van der Waals surface area (Å²) in [6.45, 7) is 1.49. The van der Waals surface area contributed by atoms with Crippen molar-refractivity contribution in [2.75, 3.05) is 11.9 Å². The molecule has 1 unspecified atom stereocenters. The van der Waals surface area contributed by atoms with Crippen molar-refractivity contribution >= 4 is 29.1 Å². The van der Waals surface area contributed by atoms with Crippen molar-refractivity contribution in [3.05, 3.63) is 94.9 Å². The molecule has 1 aromatic carbocycles. The molecular formula is C23H20ClFN6O2. The number of carbonyl (C=O) groups is 1. The molecule has 1 amide bonds. The number of aliphatic hydroxyl groups excluding tert-OH is 1. The monoisotopic (exact) mass is 466 g/mol. The van der Waals surface area contributed by atoms with E-state index < -0.39 is 17.8 Å². The Balaban J connectivity index is 1.52. The van der Waals surface area contributed by atoms with E-state index in [1.165, 1.54) is 18.2 Å². The number of nitrogens with one attached hydrogen (secondary N) is 2. The predicted molar refractivity (Wildman–Crippen MR) is 122 cm³/mol. The second kappa shape index (κ2) is 9.76. The third-order valence-corrected chi connectivity index (χ3v) is 5.20. The molecular weight excluding hydrogens is 447 g/mol. The number of anilines is 2. The summed E-state index contributed by atoms with van der Waals surface area (Å²) < 4.78 is 15.2. The lowest BCUT2D eigenvalue weighted by Crippen LogP contribution is -2.30. The molecule has 33 heavy (non-hydrogen) atoms. The molecule has 0 aliphatic carbocycles. The smallest absolute Gasteiger partial charge is 0.253 e. The highest BCUT2D eigenvalue weighted by molar-refractivity contribution is 6.30. The zero-order valence-corrected chi connectivity index (χ0v) is 18.3. The van der Waals surface area contributed by atoms with Crippen LogP contribution in [0.2, 0.25) is 5.02 Å². The summed E-state index contributed by atoms with van der Waals surface area (Å²) >= 11 is 5.83. The first-order valence-electron chi connectivity index (χ1n) is 10.0. The molecule has 3 aromatic heterocycles. The maximum Gasteiger partial charge on any atom is 0.253 e. The number of hydrogen-bond donors (Lipinski definition) is 3. The zero-order chi connectivity index (χ0) is 23.4. The van der Waals surface area contributed by atoms with Crippen molar-refractivity contribution in [1.29, 1.82) is 0 Å². The molecule has 0 spiro atoms. The first-order chi connectivity index (χ1) is 15.9. The standard InChI is InChI=1S/C23H20ClFN6O2/c1-14-11-27-23(28-17-4-7-26-8-5-17)30-21(14)31-9-6-16(12-31)22(33)29-20(13-32)15-2-3-19(25)18(24)10-15/h2-12,20,32H,13H2,1H3,(H,29,33)(H,26,27,28,30). The Labute approximate surface area is 194 Å². The van der Waals surface area contributed by atoms with Crippen LogP contribution in [0.25, 0.3) is 5.82 Å².